The van der Waals surface area contributed by atoms with E-state index in [-0.39, 0.29) is 0 Å². The number of ether oxygens (including phenoxy) is 1. The molecule has 0 amide bonds. The van der Waals surface area contributed by atoms with Crippen LogP contribution in [-0.4, -0.2) is 52.1 Å². The maximum absolute atomic E-state index is 10.1. The summed E-state index contributed by atoms with van der Waals surface area (Å²) in [6.45, 7) is 3.70. The van der Waals surface area contributed by atoms with Gasteiger partial charge in [-0.3, -0.25) is 4.68 Å². The molecule has 1 aliphatic heterocycles. The summed E-state index contributed by atoms with van der Waals surface area (Å²) in [5.41, 5.74) is 0. The summed E-state index contributed by atoms with van der Waals surface area (Å²) in [5.74, 6) is 0. The van der Waals surface area contributed by atoms with E-state index in [1.807, 2.05) is 29.9 Å². The molecular weight excluding hydrogens is 298 g/mol. The van der Waals surface area contributed by atoms with Gasteiger partial charge in [0.05, 0.1) is 25.4 Å². The lowest BCUT2D eigenvalue weighted by atomic mass is 10.1. The van der Waals surface area contributed by atoms with Crippen molar-refractivity contribution in [1.82, 2.24) is 14.7 Å². The zero-order valence-corrected chi connectivity index (χ0v) is 13.5. The summed E-state index contributed by atoms with van der Waals surface area (Å²) in [7, 11) is 0. The van der Waals surface area contributed by atoms with Gasteiger partial charge >= 0.3 is 0 Å². The number of aliphatic hydroxyl groups is 1. The molecule has 6 heteroatoms. The summed E-state index contributed by atoms with van der Waals surface area (Å²) in [5, 5.41) is 16.5. The van der Waals surface area contributed by atoms with Crippen LogP contribution >= 0.6 is 11.3 Å². The number of aliphatic hydroxyl groups excluding tert-OH is 1. The lowest BCUT2D eigenvalue weighted by molar-refractivity contribution is 0.00530. The van der Waals surface area contributed by atoms with Crippen LogP contribution in [0.2, 0.25) is 0 Å². The van der Waals surface area contributed by atoms with Crippen LogP contribution in [0.15, 0.2) is 36.0 Å². The molecular formula is C16H23N3O2S. The maximum atomic E-state index is 10.1. The van der Waals surface area contributed by atoms with Crippen molar-refractivity contribution in [2.24, 2.45) is 0 Å². The monoisotopic (exact) mass is 321 g/mol. The Morgan fingerprint density at radius 1 is 1.36 bits per heavy atom. The molecule has 1 fully saturated rings. The average molecular weight is 321 g/mol. The van der Waals surface area contributed by atoms with Crippen LogP contribution in [0.4, 0.5) is 0 Å². The predicted molar refractivity (Wildman–Crippen MR) is 86.9 cm³/mol. The van der Waals surface area contributed by atoms with Gasteiger partial charge in [-0.2, -0.15) is 5.10 Å². The number of aromatic nitrogens is 2. The molecule has 1 unspecified atom stereocenters. The van der Waals surface area contributed by atoms with Gasteiger partial charge in [0, 0.05) is 36.9 Å². The molecule has 22 heavy (non-hydrogen) atoms. The summed E-state index contributed by atoms with van der Waals surface area (Å²) in [6, 6.07) is 6.54. The third kappa shape index (κ3) is 4.39. The highest BCUT2D eigenvalue weighted by molar-refractivity contribution is 7.09. The molecule has 2 aromatic rings. The molecule has 3 heterocycles. The molecule has 0 aromatic carbocycles. The minimum atomic E-state index is -0.416. The van der Waals surface area contributed by atoms with Gasteiger partial charge in [-0.15, -0.1) is 11.3 Å². The van der Waals surface area contributed by atoms with Gasteiger partial charge in [0.1, 0.15) is 0 Å². The van der Waals surface area contributed by atoms with Crippen LogP contribution in [-0.2, 0) is 11.3 Å². The minimum Gasteiger partial charge on any atom is -0.389 e. The molecule has 3 rings (SSSR count). The standard InChI is InChI=1S/C16H23N3O2S/c20-15(12-21-13-16-3-1-10-22-16)11-18-8-4-14(5-9-18)19-7-2-6-17-19/h1-3,6-7,10,14-15,20H,4-5,8-9,11-13H2. The number of hydrogen-bond acceptors (Lipinski definition) is 5. The lowest BCUT2D eigenvalue weighted by Crippen LogP contribution is -2.40. The molecule has 0 radical (unpaired) electrons. The van der Waals surface area contributed by atoms with Gasteiger partial charge in [0.15, 0.2) is 0 Å². The van der Waals surface area contributed by atoms with E-state index in [9.17, 15) is 5.11 Å². The summed E-state index contributed by atoms with van der Waals surface area (Å²) in [4.78, 5) is 3.52. The number of β-amino-alcohol motifs (C(OH)–C–C–N with tert-alkyl or cyclic N) is 1. The second-order valence-corrected chi connectivity index (χ2v) is 6.80. The van der Waals surface area contributed by atoms with Gasteiger partial charge in [0.2, 0.25) is 0 Å². The first-order valence-electron chi connectivity index (χ1n) is 7.81. The molecule has 120 valence electrons. The molecule has 1 N–H and O–H groups in total. The van der Waals surface area contributed by atoms with Crippen LogP contribution in [0.3, 0.4) is 0 Å². The Bertz CT molecular complexity index is 522. The Morgan fingerprint density at radius 3 is 2.91 bits per heavy atom. The second-order valence-electron chi connectivity index (χ2n) is 5.77. The Labute approximate surface area is 135 Å². The van der Waals surface area contributed by atoms with Crippen LogP contribution < -0.4 is 0 Å². The first kappa shape index (κ1) is 15.7. The van der Waals surface area contributed by atoms with E-state index in [4.69, 9.17) is 4.74 Å². The van der Waals surface area contributed by atoms with Crippen molar-refractivity contribution in [3.05, 3.63) is 40.8 Å². The van der Waals surface area contributed by atoms with Crippen molar-refractivity contribution < 1.29 is 9.84 Å². The third-order valence-corrected chi connectivity index (χ3v) is 4.91. The van der Waals surface area contributed by atoms with Crippen molar-refractivity contribution in [2.75, 3.05) is 26.2 Å². The number of hydrogen-bond donors (Lipinski definition) is 1. The van der Waals surface area contributed by atoms with E-state index < -0.39 is 6.10 Å². The first-order chi connectivity index (χ1) is 10.8. The van der Waals surface area contributed by atoms with Crippen LogP contribution in [0, 0.1) is 0 Å². The lowest BCUT2D eigenvalue weighted by Gasteiger charge is -2.33. The molecule has 0 bridgehead atoms. The van der Waals surface area contributed by atoms with E-state index in [2.05, 4.69) is 20.7 Å². The zero-order chi connectivity index (χ0) is 15.2. The summed E-state index contributed by atoms with van der Waals surface area (Å²) in [6.07, 6.45) is 5.63. The second kappa shape index (κ2) is 7.87. The summed E-state index contributed by atoms with van der Waals surface area (Å²) < 4.78 is 7.63. The van der Waals surface area contributed by atoms with Crippen LogP contribution in [0.1, 0.15) is 23.8 Å². The Hall–Kier alpha value is -1.21. The number of thiophene rings is 1. The Morgan fingerprint density at radius 2 is 2.23 bits per heavy atom. The van der Waals surface area contributed by atoms with Crippen LogP contribution in [0.5, 0.6) is 0 Å². The van der Waals surface area contributed by atoms with Gasteiger partial charge in [-0.1, -0.05) is 6.07 Å². The fourth-order valence-corrected chi connectivity index (χ4v) is 3.54. The number of rotatable bonds is 7. The van der Waals surface area contributed by atoms with Gasteiger partial charge in [-0.05, 0) is 30.4 Å². The van der Waals surface area contributed by atoms with Gasteiger partial charge in [-0.25, -0.2) is 0 Å². The van der Waals surface area contributed by atoms with Crippen LogP contribution in [0.25, 0.3) is 0 Å². The van der Waals surface area contributed by atoms with Crippen molar-refractivity contribution in [3.63, 3.8) is 0 Å². The van der Waals surface area contributed by atoms with Crippen molar-refractivity contribution >= 4 is 11.3 Å². The molecule has 0 aliphatic carbocycles. The number of nitrogens with zero attached hydrogens (tertiary/aromatic N) is 3. The van der Waals surface area contributed by atoms with E-state index >= 15 is 0 Å². The minimum absolute atomic E-state index is 0.400. The third-order valence-electron chi connectivity index (χ3n) is 4.06. The first-order valence-corrected chi connectivity index (χ1v) is 8.69. The highest BCUT2D eigenvalue weighted by atomic mass is 32.1. The van der Waals surface area contributed by atoms with Crippen molar-refractivity contribution in [1.29, 1.82) is 0 Å². The molecule has 1 saturated heterocycles. The van der Waals surface area contributed by atoms with Gasteiger partial charge in [0.25, 0.3) is 0 Å². The fourth-order valence-electron chi connectivity index (χ4n) is 2.90. The van der Waals surface area contributed by atoms with E-state index in [1.54, 1.807) is 11.3 Å². The quantitative estimate of drug-likeness (QED) is 0.849. The molecule has 2 aromatic heterocycles. The van der Waals surface area contributed by atoms with Gasteiger partial charge < -0.3 is 14.7 Å². The predicted octanol–water partition coefficient (Wildman–Crippen LogP) is 2.16. The van der Waals surface area contributed by atoms with E-state index in [0.717, 1.165) is 25.9 Å². The molecule has 5 nitrogen and oxygen atoms in total. The zero-order valence-electron chi connectivity index (χ0n) is 12.7. The number of likely N-dealkylation sites (tertiary alicyclic amines) is 1. The maximum Gasteiger partial charge on any atom is 0.0900 e. The highest BCUT2D eigenvalue weighted by Gasteiger charge is 2.22. The average Bonchev–Trinajstić information content (AvgIpc) is 3.21. The molecule has 0 spiro atoms. The Balaban J connectivity index is 1.33. The SMILES string of the molecule is OC(COCc1cccs1)CN1CCC(n2cccn2)CC1. The van der Waals surface area contributed by atoms with E-state index in [1.165, 1.54) is 4.88 Å². The highest BCUT2D eigenvalue weighted by Crippen LogP contribution is 2.21. The topological polar surface area (TPSA) is 50.5 Å². The molecule has 0 saturated carbocycles. The smallest absolute Gasteiger partial charge is 0.0900 e. The number of piperidine rings is 1. The molecule has 1 atom stereocenters. The largest absolute Gasteiger partial charge is 0.389 e. The van der Waals surface area contributed by atoms with E-state index in [0.29, 0.717) is 25.8 Å². The van der Waals surface area contributed by atoms with Crippen molar-refractivity contribution in [3.8, 4) is 0 Å². The normalized spacial score (nSPS) is 18.6. The molecule has 1 aliphatic rings. The fraction of sp³-hybridized carbons (Fsp3) is 0.562. The Kier molecular flexibility index (Phi) is 5.61. The summed E-state index contributed by atoms with van der Waals surface area (Å²) >= 11 is 1.68. The van der Waals surface area contributed by atoms with Crippen molar-refractivity contribution in [2.45, 2.75) is 31.6 Å².